The van der Waals surface area contributed by atoms with Gasteiger partial charge in [-0.3, -0.25) is 9.59 Å². The first-order valence-corrected chi connectivity index (χ1v) is 21.0. The number of aryl methyl sites for hydroxylation is 2. The van der Waals surface area contributed by atoms with Gasteiger partial charge in [-0.05, 0) is 97.9 Å². The molecule has 6 rings (SSSR count). The van der Waals surface area contributed by atoms with Gasteiger partial charge in [-0.2, -0.15) is 0 Å². The van der Waals surface area contributed by atoms with Crippen molar-refractivity contribution in [3.05, 3.63) is 106 Å². The minimum absolute atomic E-state index is 0. The van der Waals surface area contributed by atoms with Crippen LogP contribution in [0.15, 0.2) is 70.7 Å². The lowest BCUT2D eigenvalue weighted by Crippen LogP contribution is -2.41. The number of hydrogen-bond acceptors (Lipinski definition) is 10. The van der Waals surface area contributed by atoms with E-state index in [1.807, 2.05) is 39.8 Å². The first-order chi connectivity index (χ1) is 26.9. The number of carbonyl (C=O) groups is 2. The number of ether oxygens (including phenoxy) is 2. The highest BCUT2D eigenvalue weighted by molar-refractivity contribution is 7.99. The van der Waals surface area contributed by atoms with Crippen molar-refractivity contribution in [1.82, 2.24) is 20.6 Å². The Morgan fingerprint density at radius 1 is 0.719 bits per heavy atom. The minimum Gasteiger partial charge on any atom is -0.375 e. The average Bonchev–Trinajstić information content (AvgIpc) is 3.16. The molecule has 2 fully saturated rings. The summed E-state index contributed by atoms with van der Waals surface area (Å²) < 4.78 is 37.9. The van der Waals surface area contributed by atoms with Crippen LogP contribution in [0.25, 0.3) is 0 Å². The van der Waals surface area contributed by atoms with Crippen molar-refractivity contribution in [2.75, 3.05) is 60.7 Å². The van der Waals surface area contributed by atoms with Crippen molar-refractivity contribution in [2.45, 2.75) is 84.3 Å². The van der Waals surface area contributed by atoms with Crippen molar-refractivity contribution in [3.63, 3.8) is 0 Å². The summed E-state index contributed by atoms with van der Waals surface area (Å²) in [6.45, 7) is 17.1. The third-order valence-corrected chi connectivity index (χ3v) is 10.9. The number of halogens is 2. The standard InChI is InChI=1S/2C21H26FN3O2S.CH4/c2*1-4-28-21-19(20(26)23-12-16-6-5-7-17(22)11-16)14(2)10-18(24-21)25-8-9-27-15(3)13-25;/h2*5-7,10-11,15H,4,8-9,12-13H2,1-3H3,(H,23,26);1H4/t2*15-;/m10./s1. The van der Waals surface area contributed by atoms with Gasteiger partial charge in [0.15, 0.2) is 0 Å². The molecule has 2 aromatic carbocycles. The van der Waals surface area contributed by atoms with E-state index in [0.717, 1.165) is 81.6 Å². The zero-order valence-electron chi connectivity index (χ0n) is 33.0. The maximum atomic E-state index is 13.4. The fraction of sp³-hybridized carbons (Fsp3) is 0.442. The van der Waals surface area contributed by atoms with Crippen molar-refractivity contribution < 1.29 is 27.8 Å². The first kappa shape index (κ1) is 45.5. The van der Waals surface area contributed by atoms with E-state index in [4.69, 9.17) is 19.4 Å². The Morgan fingerprint density at radius 2 is 1.12 bits per heavy atom. The second-order valence-corrected chi connectivity index (χ2v) is 16.2. The van der Waals surface area contributed by atoms with Crippen LogP contribution in [0.1, 0.15) is 78.1 Å². The van der Waals surface area contributed by atoms with Crippen LogP contribution in [0.2, 0.25) is 0 Å². The normalized spacial score (nSPS) is 16.6. The largest absolute Gasteiger partial charge is 0.375 e. The van der Waals surface area contributed by atoms with Gasteiger partial charge >= 0.3 is 0 Å². The molecule has 14 heteroatoms. The van der Waals surface area contributed by atoms with Gasteiger partial charge in [0.05, 0.1) is 36.5 Å². The van der Waals surface area contributed by atoms with E-state index in [2.05, 4.69) is 34.3 Å². The van der Waals surface area contributed by atoms with Crippen molar-refractivity contribution in [1.29, 1.82) is 0 Å². The van der Waals surface area contributed by atoms with Gasteiger partial charge in [-0.25, -0.2) is 18.7 Å². The van der Waals surface area contributed by atoms with Crippen LogP contribution in [-0.2, 0) is 22.6 Å². The predicted octanol–water partition coefficient (Wildman–Crippen LogP) is 8.23. The molecule has 0 unspecified atom stereocenters. The molecule has 0 radical (unpaired) electrons. The number of thioether (sulfide) groups is 2. The number of anilines is 2. The maximum Gasteiger partial charge on any atom is 0.254 e. The van der Waals surface area contributed by atoms with Crippen molar-refractivity contribution in [2.24, 2.45) is 0 Å². The molecule has 10 nitrogen and oxygen atoms in total. The van der Waals surface area contributed by atoms with Crippen LogP contribution < -0.4 is 20.4 Å². The highest BCUT2D eigenvalue weighted by Gasteiger charge is 2.24. The zero-order valence-corrected chi connectivity index (χ0v) is 34.6. The number of aromatic nitrogens is 2. The number of morpholine rings is 2. The smallest absolute Gasteiger partial charge is 0.254 e. The summed E-state index contributed by atoms with van der Waals surface area (Å²) in [7, 11) is 0. The van der Waals surface area contributed by atoms with Crippen LogP contribution >= 0.6 is 23.5 Å². The number of amides is 2. The summed E-state index contributed by atoms with van der Waals surface area (Å²) in [6.07, 6.45) is 0.319. The van der Waals surface area contributed by atoms with Crippen LogP contribution in [0.4, 0.5) is 20.4 Å². The van der Waals surface area contributed by atoms with E-state index in [1.165, 1.54) is 24.3 Å². The van der Waals surface area contributed by atoms with Crippen LogP contribution in [-0.4, -0.2) is 84.9 Å². The predicted molar refractivity (Wildman–Crippen MR) is 228 cm³/mol. The molecule has 2 atom stereocenters. The van der Waals surface area contributed by atoms with Gasteiger partial charge in [-0.1, -0.05) is 45.5 Å². The number of pyridine rings is 2. The molecule has 308 valence electrons. The quantitative estimate of drug-likeness (QED) is 0.136. The lowest BCUT2D eigenvalue weighted by Gasteiger charge is -2.32. The van der Waals surface area contributed by atoms with E-state index >= 15 is 0 Å². The van der Waals surface area contributed by atoms with Gasteiger partial charge in [0.1, 0.15) is 33.3 Å². The Kier molecular flexibility index (Phi) is 17.6. The van der Waals surface area contributed by atoms with Crippen molar-refractivity contribution in [3.8, 4) is 0 Å². The number of carbonyl (C=O) groups excluding carboxylic acids is 2. The Hall–Kier alpha value is -4.24. The Labute approximate surface area is 344 Å². The fourth-order valence-corrected chi connectivity index (χ4v) is 8.16. The molecule has 0 aliphatic carbocycles. The molecule has 0 bridgehead atoms. The average molecular weight is 823 g/mol. The minimum atomic E-state index is -0.309. The van der Waals surface area contributed by atoms with Crippen molar-refractivity contribution >= 4 is 47.0 Å². The Bertz CT molecular complexity index is 1830. The Balaban J connectivity index is 0.000000248. The molecule has 2 aromatic heterocycles. The SMILES string of the molecule is C.CCSc1nc(N2CCO[C@@H](C)C2)cc(C)c1C(=O)NCc1cccc(F)c1.CCSc1nc(N2CCO[C@H](C)C2)cc(C)c1C(=O)NCc1cccc(F)c1. The molecule has 2 amide bonds. The maximum absolute atomic E-state index is 13.4. The second-order valence-electron chi connectivity index (χ2n) is 13.7. The van der Waals surface area contributed by atoms with Gasteiger partial charge in [0.2, 0.25) is 0 Å². The van der Waals surface area contributed by atoms with Gasteiger partial charge in [0, 0.05) is 39.3 Å². The summed E-state index contributed by atoms with van der Waals surface area (Å²) in [5.41, 5.74) is 4.40. The molecule has 2 N–H and O–H groups in total. The highest BCUT2D eigenvalue weighted by atomic mass is 32.2. The number of nitrogens with one attached hydrogen (secondary N) is 2. The molecule has 0 spiro atoms. The monoisotopic (exact) mass is 822 g/mol. The third kappa shape index (κ3) is 12.9. The zero-order chi connectivity index (χ0) is 40.2. The van der Waals surface area contributed by atoms with Gasteiger partial charge in [-0.15, -0.1) is 23.5 Å². The van der Waals surface area contributed by atoms with Crippen LogP contribution in [0, 0.1) is 25.5 Å². The van der Waals surface area contributed by atoms with E-state index in [-0.39, 0.29) is 56.2 Å². The summed E-state index contributed by atoms with van der Waals surface area (Å²) in [5.74, 6) is 2.40. The molecular formula is C43H56F2N6O4S2. The fourth-order valence-electron chi connectivity index (χ4n) is 6.50. The molecule has 0 saturated carbocycles. The first-order valence-electron chi connectivity index (χ1n) is 19.0. The molecule has 2 saturated heterocycles. The van der Waals surface area contributed by atoms with E-state index < -0.39 is 0 Å². The summed E-state index contributed by atoms with van der Waals surface area (Å²) >= 11 is 3.12. The molecule has 2 aliphatic rings. The van der Waals surface area contributed by atoms with E-state index in [9.17, 15) is 18.4 Å². The summed E-state index contributed by atoms with van der Waals surface area (Å²) in [4.78, 5) is 39.7. The molecule has 4 heterocycles. The topological polar surface area (TPSA) is 109 Å². The number of rotatable bonds is 12. The Morgan fingerprint density at radius 3 is 1.47 bits per heavy atom. The van der Waals surface area contributed by atoms with Crippen LogP contribution in [0.3, 0.4) is 0 Å². The molecular weight excluding hydrogens is 767 g/mol. The highest BCUT2D eigenvalue weighted by Crippen LogP contribution is 2.30. The number of hydrogen-bond donors (Lipinski definition) is 2. The van der Waals surface area contributed by atoms with Crippen LogP contribution in [0.5, 0.6) is 0 Å². The lowest BCUT2D eigenvalue weighted by atomic mass is 10.1. The summed E-state index contributed by atoms with van der Waals surface area (Å²) in [5, 5.41) is 7.25. The summed E-state index contributed by atoms with van der Waals surface area (Å²) in [6, 6.07) is 16.4. The van der Waals surface area contributed by atoms with E-state index in [1.54, 1.807) is 47.8 Å². The van der Waals surface area contributed by atoms with Gasteiger partial charge < -0.3 is 29.9 Å². The molecule has 4 aromatic rings. The number of nitrogens with zero attached hydrogens (tertiary/aromatic N) is 4. The lowest BCUT2D eigenvalue weighted by molar-refractivity contribution is 0.0527. The molecule has 2 aliphatic heterocycles. The number of benzene rings is 2. The third-order valence-electron chi connectivity index (χ3n) is 9.17. The second kappa shape index (κ2) is 22.1. The molecule has 57 heavy (non-hydrogen) atoms. The van der Waals surface area contributed by atoms with E-state index in [0.29, 0.717) is 24.3 Å². The van der Waals surface area contributed by atoms with Gasteiger partial charge in [0.25, 0.3) is 11.8 Å².